The first-order chi connectivity index (χ1) is 10.1. The second-order valence-electron chi connectivity index (χ2n) is 4.83. The van der Waals surface area contributed by atoms with Crippen LogP contribution in [0.25, 0.3) is 0 Å². The molecule has 0 saturated heterocycles. The van der Waals surface area contributed by atoms with Gasteiger partial charge >= 0.3 is 0 Å². The van der Waals surface area contributed by atoms with E-state index in [1.54, 1.807) is 6.07 Å². The maximum Gasteiger partial charge on any atom is 0.161 e. The van der Waals surface area contributed by atoms with Crippen LogP contribution in [0, 0.1) is 3.57 Å². The van der Waals surface area contributed by atoms with Gasteiger partial charge in [0.15, 0.2) is 11.5 Å². The highest BCUT2D eigenvalue weighted by Crippen LogP contribution is 2.34. The minimum absolute atomic E-state index is 0.627. The van der Waals surface area contributed by atoms with Crippen molar-refractivity contribution in [3.63, 3.8) is 0 Å². The van der Waals surface area contributed by atoms with Crippen LogP contribution < -0.4 is 9.47 Å². The lowest BCUT2D eigenvalue weighted by Gasteiger charge is -2.15. The van der Waals surface area contributed by atoms with E-state index in [1.165, 1.54) is 0 Å². The van der Waals surface area contributed by atoms with Crippen molar-refractivity contribution in [2.75, 3.05) is 13.2 Å². The van der Waals surface area contributed by atoms with Gasteiger partial charge in [0.05, 0.1) is 18.2 Å². The number of fused-ring (bicyclic) bond motifs is 1. The van der Waals surface area contributed by atoms with E-state index in [0.29, 0.717) is 24.0 Å². The molecule has 21 heavy (non-hydrogen) atoms. The van der Waals surface area contributed by atoms with Gasteiger partial charge in [0.25, 0.3) is 0 Å². The maximum atomic E-state index is 10.5. The van der Waals surface area contributed by atoms with Gasteiger partial charge in [0.2, 0.25) is 0 Å². The number of hydrogen-bond acceptors (Lipinski definition) is 3. The minimum atomic E-state index is -0.739. The zero-order valence-corrected chi connectivity index (χ0v) is 14.1. The molecule has 0 spiro atoms. The molecule has 2 aromatic rings. The number of aliphatic hydroxyl groups excluding tert-OH is 1. The zero-order valence-electron chi connectivity index (χ0n) is 11.2. The highest BCUT2D eigenvalue weighted by molar-refractivity contribution is 14.1. The largest absolute Gasteiger partial charge is 0.490 e. The smallest absolute Gasteiger partial charge is 0.161 e. The molecule has 0 amide bonds. The zero-order chi connectivity index (χ0) is 14.8. The first kappa shape index (κ1) is 14.9. The summed E-state index contributed by atoms with van der Waals surface area (Å²) in [7, 11) is 0. The Labute approximate surface area is 142 Å². The van der Waals surface area contributed by atoms with Crippen molar-refractivity contribution in [1.29, 1.82) is 0 Å². The second kappa shape index (κ2) is 6.42. The molecule has 5 heteroatoms. The van der Waals surface area contributed by atoms with E-state index in [0.717, 1.165) is 26.9 Å². The van der Waals surface area contributed by atoms with Gasteiger partial charge in [0, 0.05) is 9.99 Å². The molecule has 1 atom stereocenters. The normalized spacial score (nSPS) is 15.4. The Bertz CT molecular complexity index is 660. The summed E-state index contributed by atoms with van der Waals surface area (Å²) in [6.07, 6.45) is 0.121. The monoisotopic (exact) mass is 416 g/mol. The quantitative estimate of drug-likeness (QED) is 0.746. The van der Waals surface area contributed by atoms with Gasteiger partial charge in [-0.15, -0.1) is 0 Å². The molecule has 1 heterocycles. The molecule has 0 aliphatic carbocycles. The Morgan fingerprint density at radius 1 is 1.00 bits per heavy atom. The van der Waals surface area contributed by atoms with Crippen molar-refractivity contribution in [3.05, 3.63) is 56.1 Å². The third-order valence-corrected chi connectivity index (χ3v) is 4.92. The Kier molecular flexibility index (Phi) is 4.57. The third-order valence-electron chi connectivity index (χ3n) is 3.35. The molecule has 0 radical (unpaired) electrons. The summed E-state index contributed by atoms with van der Waals surface area (Å²) < 4.78 is 12.2. The van der Waals surface area contributed by atoms with Crippen molar-refractivity contribution in [2.45, 2.75) is 12.5 Å². The Balaban J connectivity index is 1.92. The summed E-state index contributed by atoms with van der Waals surface area (Å²) >= 11 is 8.28. The van der Waals surface area contributed by atoms with Crippen LogP contribution in [0.1, 0.15) is 23.7 Å². The molecule has 1 N–H and O–H groups in total. The molecule has 0 bridgehead atoms. The van der Waals surface area contributed by atoms with Gasteiger partial charge in [-0.25, -0.2) is 0 Å². The maximum absolute atomic E-state index is 10.5. The van der Waals surface area contributed by atoms with Crippen LogP contribution in [0.5, 0.6) is 11.5 Å². The van der Waals surface area contributed by atoms with E-state index in [4.69, 9.17) is 21.1 Å². The molecule has 1 aliphatic heterocycles. The average Bonchev–Trinajstić information content (AvgIpc) is 2.73. The van der Waals surface area contributed by atoms with Crippen molar-refractivity contribution in [3.8, 4) is 11.5 Å². The summed E-state index contributed by atoms with van der Waals surface area (Å²) in [6.45, 7) is 1.28. The molecular formula is C16H14ClIO3. The van der Waals surface area contributed by atoms with Crippen LogP contribution >= 0.6 is 34.2 Å². The van der Waals surface area contributed by atoms with Crippen molar-refractivity contribution in [2.24, 2.45) is 0 Å². The topological polar surface area (TPSA) is 38.7 Å². The average molecular weight is 417 g/mol. The van der Waals surface area contributed by atoms with Gasteiger partial charge < -0.3 is 14.6 Å². The third kappa shape index (κ3) is 3.27. The van der Waals surface area contributed by atoms with Crippen LogP contribution in [0.3, 0.4) is 0 Å². The lowest BCUT2D eigenvalue weighted by Crippen LogP contribution is -2.01. The first-order valence-corrected chi connectivity index (χ1v) is 8.13. The number of rotatable bonds is 2. The number of halogens is 2. The Hall–Kier alpha value is -0.980. The van der Waals surface area contributed by atoms with E-state index in [9.17, 15) is 5.11 Å². The van der Waals surface area contributed by atoms with Crippen molar-refractivity contribution < 1.29 is 14.6 Å². The van der Waals surface area contributed by atoms with Crippen LogP contribution in [-0.4, -0.2) is 18.3 Å². The van der Waals surface area contributed by atoms with E-state index in [-0.39, 0.29) is 0 Å². The first-order valence-electron chi connectivity index (χ1n) is 6.68. The van der Waals surface area contributed by atoms with E-state index in [2.05, 4.69) is 22.6 Å². The predicted octanol–water partition coefficient (Wildman–Crippen LogP) is 4.19. The van der Waals surface area contributed by atoms with Gasteiger partial charge in [0.1, 0.15) is 6.10 Å². The fourth-order valence-corrected chi connectivity index (χ4v) is 2.75. The summed E-state index contributed by atoms with van der Waals surface area (Å²) in [4.78, 5) is 0. The summed E-state index contributed by atoms with van der Waals surface area (Å²) in [6, 6.07) is 11.1. The Morgan fingerprint density at radius 2 is 1.67 bits per heavy atom. The highest BCUT2D eigenvalue weighted by atomic mass is 127. The summed E-state index contributed by atoms with van der Waals surface area (Å²) in [5.74, 6) is 1.41. The summed E-state index contributed by atoms with van der Waals surface area (Å²) in [5, 5.41) is 11.2. The molecule has 0 aromatic heterocycles. The number of aliphatic hydroxyl groups is 1. The van der Waals surface area contributed by atoms with Crippen LogP contribution in [0.15, 0.2) is 36.4 Å². The Morgan fingerprint density at radius 3 is 2.43 bits per heavy atom. The lowest BCUT2D eigenvalue weighted by molar-refractivity contribution is 0.219. The number of ether oxygens (including phenoxy) is 2. The van der Waals surface area contributed by atoms with E-state index < -0.39 is 6.10 Å². The lowest BCUT2D eigenvalue weighted by atomic mass is 10.0. The molecule has 0 fully saturated rings. The predicted molar refractivity (Wildman–Crippen MR) is 90.3 cm³/mol. The fraction of sp³-hybridized carbons (Fsp3) is 0.250. The van der Waals surface area contributed by atoms with Gasteiger partial charge in [-0.1, -0.05) is 23.7 Å². The van der Waals surface area contributed by atoms with Gasteiger partial charge in [-0.05, 0) is 58.0 Å². The van der Waals surface area contributed by atoms with Crippen LogP contribution in [0.2, 0.25) is 5.02 Å². The van der Waals surface area contributed by atoms with Crippen LogP contribution in [-0.2, 0) is 0 Å². The molecule has 1 aliphatic rings. The van der Waals surface area contributed by atoms with E-state index >= 15 is 0 Å². The highest BCUT2D eigenvalue weighted by Gasteiger charge is 2.16. The second-order valence-corrected chi connectivity index (χ2v) is 6.40. The van der Waals surface area contributed by atoms with Gasteiger partial charge in [-0.2, -0.15) is 0 Å². The molecule has 3 rings (SSSR count). The minimum Gasteiger partial charge on any atom is -0.490 e. The van der Waals surface area contributed by atoms with Crippen molar-refractivity contribution >= 4 is 34.2 Å². The van der Waals surface area contributed by atoms with Gasteiger partial charge in [-0.3, -0.25) is 0 Å². The molecule has 1 unspecified atom stereocenters. The molecule has 110 valence electrons. The summed E-state index contributed by atoms with van der Waals surface area (Å²) in [5.41, 5.74) is 1.52. The SMILES string of the molecule is OC(c1ccc(I)c(Cl)c1)c1ccc2c(c1)OCCCO2. The molecular weight excluding hydrogens is 403 g/mol. The molecule has 0 saturated carbocycles. The fourth-order valence-electron chi connectivity index (χ4n) is 2.22. The number of hydrogen-bond donors (Lipinski definition) is 1. The molecule has 2 aromatic carbocycles. The molecule has 3 nitrogen and oxygen atoms in total. The van der Waals surface area contributed by atoms with E-state index in [1.807, 2.05) is 30.3 Å². The standard InChI is InChI=1S/C16H14ClIO3/c17-12-8-10(2-4-13(12)18)16(19)11-3-5-14-15(9-11)21-7-1-6-20-14/h2-5,8-9,16,19H,1,6-7H2. The number of benzene rings is 2. The van der Waals surface area contributed by atoms with Crippen molar-refractivity contribution in [1.82, 2.24) is 0 Å². The van der Waals surface area contributed by atoms with Crippen LogP contribution in [0.4, 0.5) is 0 Å².